The molecule has 2 N–H and O–H groups in total. The molecular weight excluding hydrogens is 478 g/mol. The monoisotopic (exact) mass is 499 g/mol. The lowest BCUT2D eigenvalue weighted by molar-refractivity contribution is -0.176. The highest BCUT2D eigenvalue weighted by molar-refractivity contribution is 14.0. The van der Waals surface area contributed by atoms with E-state index in [0.29, 0.717) is 36.3 Å². The predicted molar refractivity (Wildman–Crippen MR) is 104 cm³/mol. The van der Waals surface area contributed by atoms with Gasteiger partial charge in [0.2, 0.25) is 5.89 Å². The maximum Gasteiger partial charge on any atom is 0.411 e. The summed E-state index contributed by atoms with van der Waals surface area (Å²) < 4.78 is 45.7. The van der Waals surface area contributed by atoms with E-state index < -0.39 is 12.8 Å². The molecule has 0 amide bonds. The number of ether oxygens (including phenoxy) is 1. The summed E-state index contributed by atoms with van der Waals surface area (Å²) in [6, 6.07) is 7.08. The van der Waals surface area contributed by atoms with E-state index in [9.17, 15) is 13.2 Å². The smallest absolute Gasteiger partial charge is 0.367 e. The molecule has 0 aliphatic carbocycles. The molecule has 2 aromatic rings. The number of aryl methyl sites for hydroxylation is 1. The van der Waals surface area contributed by atoms with Gasteiger partial charge in [-0.15, -0.1) is 24.0 Å². The van der Waals surface area contributed by atoms with Crippen LogP contribution in [-0.2, 0) is 24.4 Å². The lowest BCUT2D eigenvalue weighted by atomic mass is 10.1. The number of aliphatic imine (C=N–C) groups is 1. The Morgan fingerprint density at radius 2 is 1.78 bits per heavy atom. The van der Waals surface area contributed by atoms with Crippen LogP contribution in [0.15, 0.2) is 33.8 Å². The summed E-state index contributed by atoms with van der Waals surface area (Å²) >= 11 is 0. The second-order valence-electron chi connectivity index (χ2n) is 5.44. The van der Waals surface area contributed by atoms with Gasteiger partial charge in [-0.2, -0.15) is 18.2 Å². The van der Waals surface area contributed by atoms with Crippen LogP contribution in [0.1, 0.15) is 22.8 Å². The third kappa shape index (κ3) is 9.04. The Kier molecular flexibility index (Phi) is 9.49. The summed E-state index contributed by atoms with van der Waals surface area (Å²) in [4.78, 5) is 8.16. The predicted octanol–water partition coefficient (Wildman–Crippen LogP) is 2.94. The molecule has 0 fully saturated rings. The van der Waals surface area contributed by atoms with Gasteiger partial charge in [0.15, 0.2) is 11.8 Å². The van der Waals surface area contributed by atoms with Crippen LogP contribution in [-0.4, -0.2) is 35.9 Å². The van der Waals surface area contributed by atoms with Gasteiger partial charge in [-0.05, 0) is 18.1 Å². The lowest BCUT2D eigenvalue weighted by Gasteiger charge is -2.11. The molecule has 0 aliphatic heterocycles. The molecule has 0 bridgehead atoms. The minimum Gasteiger partial charge on any atom is -0.367 e. The van der Waals surface area contributed by atoms with Crippen molar-refractivity contribution >= 4 is 29.9 Å². The average molecular weight is 499 g/mol. The highest BCUT2D eigenvalue weighted by Crippen LogP contribution is 2.15. The number of nitrogens with zero attached hydrogens (tertiary/aromatic N) is 3. The maximum atomic E-state index is 12.0. The van der Waals surface area contributed by atoms with Gasteiger partial charge in [0, 0.05) is 13.6 Å². The SMILES string of the molecule is CN=C(NCc1ccc(COCC(F)(F)F)cc1)NCc1nc(C)no1.I. The fourth-order valence-electron chi connectivity index (χ4n) is 2.02. The van der Waals surface area contributed by atoms with Gasteiger partial charge in [-0.1, -0.05) is 29.4 Å². The van der Waals surface area contributed by atoms with Crippen LogP contribution in [0.2, 0.25) is 0 Å². The molecule has 1 heterocycles. The molecule has 1 aromatic carbocycles. The number of guanidine groups is 1. The van der Waals surface area contributed by atoms with Gasteiger partial charge >= 0.3 is 6.18 Å². The fraction of sp³-hybridized carbons (Fsp3) is 0.438. The van der Waals surface area contributed by atoms with Gasteiger partial charge in [-0.3, -0.25) is 4.99 Å². The van der Waals surface area contributed by atoms with E-state index in [2.05, 4.69) is 30.5 Å². The normalized spacial score (nSPS) is 11.8. The van der Waals surface area contributed by atoms with Crippen molar-refractivity contribution in [3.63, 3.8) is 0 Å². The van der Waals surface area contributed by atoms with Gasteiger partial charge < -0.3 is 19.9 Å². The topological polar surface area (TPSA) is 84.6 Å². The standard InChI is InChI=1S/C16H20F3N5O2.HI/c1-11-23-14(26-24-11)8-22-15(20-2)21-7-12-3-5-13(6-4-12)9-25-10-16(17,18)19;/h3-6H,7-10H2,1-2H3,(H2,20,21,22);1H. The minimum absolute atomic E-state index is 0. The lowest BCUT2D eigenvalue weighted by Crippen LogP contribution is -2.36. The van der Waals surface area contributed by atoms with Crippen molar-refractivity contribution in [1.82, 2.24) is 20.8 Å². The zero-order chi connectivity index (χ0) is 19.0. The van der Waals surface area contributed by atoms with Crippen LogP contribution in [0.4, 0.5) is 13.2 Å². The van der Waals surface area contributed by atoms with Gasteiger partial charge in [-0.25, -0.2) is 0 Å². The zero-order valence-electron chi connectivity index (χ0n) is 14.8. The summed E-state index contributed by atoms with van der Waals surface area (Å²) in [5, 5.41) is 9.85. The highest BCUT2D eigenvalue weighted by Gasteiger charge is 2.27. The average Bonchev–Trinajstić information content (AvgIpc) is 3.00. The van der Waals surface area contributed by atoms with Crippen molar-refractivity contribution in [3.8, 4) is 0 Å². The molecule has 0 saturated carbocycles. The van der Waals surface area contributed by atoms with E-state index in [1.54, 1.807) is 26.1 Å². The second-order valence-corrected chi connectivity index (χ2v) is 5.44. The largest absolute Gasteiger partial charge is 0.411 e. The molecule has 1 aromatic heterocycles. The van der Waals surface area contributed by atoms with Crippen molar-refractivity contribution in [3.05, 3.63) is 47.1 Å². The van der Waals surface area contributed by atoms with Crippen molar-refractivity contribution in [2.24, 2.45) is 4.99 Å². The van der Waals surface area contributed by atoms with Crippen LogP contribution in [0.5, 0.6) is 0 Å². The van der Waals surface area contributed by atoms with Gasteiger partial charge in [0.25, 0.3) is 0 Å². The Labute approximate surface area is 171 Å². The third-order valence-electron chi connectivity index (χ3n) is 3.22. The summed E-state index contributed by atoms with van der Waals surface area (Å²) in [6.45, 7) is 1.23. The number of rotatable bonds is 7. The van der Waals surface area contributed by atoms with Gasteiger partial charge in [0.05, 0.1) is 13.2 Å². The van der Waals surface area contributed by atoms with Crippen molar-refractivity contribution in [2.75, 3.05) is 13.7 Å². The molecule has 0 unspecified atom stereocenters. The first-order valence-electron chi connectivity index (χ1n) is 7.82. The minimum atomic E-state index is -4.31. The maximum absolute atomic E-state index is 12.0. The molecule has 0 radical (unpaired) electrons. The van der Waals surface area contributed by atoms with Gasteiger partial charge in [0.1, 0.15) is 6.61 Å². The molecule has 0 saturated heterocycles. The fourth-order valence-corrected chi connectivity index (χ4v) is 2.02. The van der Waals surface area contributed by atoms with Crippen LogP contribution in [0.3, 0.4) is 0 Å². The first kappa shape index (κ1) is 23.1. The Morgan fingerprint density at radius 3 is 2.33 bits per heavy atom. The number of alkyl halides is 3. The van der Waals surface area contributed by atoms with E-state index in [-0.39, 0.29) is 30.6 Å². The molecule has 11 heteroatoms. The quantitative estimate of drug-likeness (QED) is 0.347. The van der Waals surface area contributed by atoms with E-state index in [1.807, 2.05) is 12.1 Å². The van der Waals surface area contributed by atoms with E-state index in [1.165, 1.54) is 0 Å². The number of nitrogens with one attached hydrogen (secondary N) is 2. The van der Waals surface area contributed by atoms with Crippen LogP contribution < -0.4 is 10.6 Å². The number of hydrogen-bond donors (Lipinski definition) is 2. The van der Waals surface area contributed by atoms with Crippen molar-refractivity contribution in [1.29, 1.82) is 0 Å². The first-order valence-corrected chi connectivity index (χ1v) is 7.82. The Morgan fingerprint density at radius 1 is 1.15 bits per heavy atom. The molecule has 0 aliphatic rings. The molecular formula is C16H21F3IN5O2. The highest BCUT2D eigenvalue weighted by atomic mass is 127. The summed E-state index contributed by atoms with van der Waals surface area (Å²) in [6.07, 6.45) is -4.31. The Bertz CT molecular complexity index is 720. The van der Waals surface area contributed by atoms with Crippen molar-refractivity contribution < 1.29 is 22.4 Å². The van der Waals surface area contributed by atoms with Crippen LogP contribution in [0, 0.1) is 6.92 Å². The number of halogens is 4. The zero-order valence-corrected chi connectivity index (χ0v) is 17.2. The molecule has 150 valence electrons. The number of hydrogen-bond acceptors (Lipinski definition) is 5. The van der Waals surface area contributed by atoms with E-state index in [0.717, 1.165) is 5.56 Å². The number of benzene rings is 1. The summed E-state index contributed by atoms with van der Waals surface area (Å²) in [5.74, 6) is 1.57. The third-order valence-corrected chi connectivity index (χ3v) is 3.22. The Balaban J connectivity index is 0.00000364. The van der Waals surface area contributed by atoms with Crippen LogP contribution in [0.25, 0.3) is 0 Å². The second kappa shape index (κ2) is 11.1. The van der Waals surface area contributed by atoms with Crippen molar-refractivity contribution in [2.45, 2.75) is 32.8 Å². The van der Waals surface area contributed by atoms with E-state index >= 15 is 0 Å². The van der Waals surface area contributed by atoms with Crippen LogP contribution >= 0.6 is 24.0 Å². The first-order chi connectivity index (χ1) is 12.4. The molecule has 7 nitrogen and oxygen atoms in total. The molecule has 0 atom stereocenters. The molecule has 27 heavy (non-hydrogen) atoms. The van der Waals surface area contributed by atoms with E-state index in [4.69, 9.17) is 4.52 Å². The number of aromatic nitrogens is 2. The summed E-state index contributed by atoms with van der Waals surface area (Å²) in [5.41, 5.74) is 1.62. The molecule has 2 rings (SSSR count). The molecule has 0 spiro atoms. The Hall–Kier alpha value is -1.89. The summed E-state index contributed by atoms with van der Waals surface area (Å²) in [7, 11) is 1.63.